The first-order chi connectivity index (χ1) is 14.7. The number of hydrogen-bond donors (Lipinski definition) is 1. The van der Waals surface area contributed by atoms with Gasteiger partial charge in [0.25, 0.3) is 0 Å². The Morgan fingerprint density at radius 2 is 1.90 bits per heavy atom. The van der Waals surface area contributed by atoms with Crippen LogP contribution >= 0.6 is 0 Å². The Bertz CT molecular complexity index is 1020. The third-order valence-electron chi connectivity index (χ3n) is 5.70. The Kier molecular flexibility index (Phi) is 7.38. The van der Waals surface area contributed by atoms with Crippen LogP contribution in [0.2, 0.25) is 0 Å². The van der Waals surface area contributed by atoms with Gasteiger partial charge in [0.05, 0.1) is 17.4 Å². The zero-order valence-corrected chi connectivity index (χ0v) is 19.5. The number of amides is 1. The average molecular weight is 445 g/mol. The normalized spacial score (nSPS) is 17.5. The lowest BCUT2D eigenvalue weighted by molar-refractivity contribution is -0.120. The summed E-state index contributed by atoms with van der Waals surface area (Å²) in [6.07, 6.45) is 1.32. The van der Waals surface area contributed by atoms with Crippen molar-refractivity contribution in [1.82, 2.24) is 4.31 Å². The minimum absolute atomic E-state index is 0.122. The largest absolute Gasteiger partial charge is 0.494 e. The van der Waals surface area contributed by atoms with Gasteiger partial charge in [-0.3, -0.25) is 4.79 Å². The third kappa shape index (κ3) is 5.28. The fourth-order valence-electron chi connectivity index (χ4n) is 3.97. The van der Waals surface area contributed by atoms with Gasteiger partial charge in [0.15, 0.2) is 0 Å². The van der Waals surface area contributed by atoms with Crippen LogP contribution in [-0.4, -0.2) is 38.3 Å². The molecule has 0 spiro atoms. The molecule has 1 atom stereocenters. The molecule has 3 rings (SSSR count). The van der Waals surface area contributed by atoms with Crippen LogP contribution in [0.3, 0.4) is 0 Å². The zero-order chi connectivity index (χ0) is 22.6. The summed E-state index contributed by atoms with van der Waals surface area (Å²) in [4.78, 5) is 13.3. The van der Waals surface area contributed by atoms with Gasteiger partial charge < -0.3 is 10.1 Å². The summed E-state index contributed by atoms with van der Waals surface area (Å²) in [5.41, 5.74) is 2.94. The number of piperidine rings is 1. The topological polar surface area (TPSA) is 75.7 Å². The average Bonchev–Trinajstić information content (AvgIpc) is 2.75. The SMILES string of the molecule is CCOc1ccc(S(=O)(=O)N2CCC[C@H](C(=O)Nc3c(C)cccc3C(C)C)C2)cc1. The van der Waals surface area contributed by atoms with Crippen LogP contribution in [0, 0.1) is 12.8 Å². The highest BCUT2D eigenvalue weighted by Crippen LogP contribution is 2.30. The molecule has 1 heterocycles. The molecule has 1 amide bonds. The molecular formula is C24H32N2O4S. The predicted molar refractivity (Wildman–Crippen MR) is 123 cm³/mol. The van der Waals surface area contributed by atoms with E-state index in [-0.39, 0.29) is 29.2 Å². The molecule has 1 fully saturated rings. The van der Waals surface area contributed by atoms with E-state index in [0.717, 1.165) is 16.8 Å². The van der Waals surface area contributed by atoms with Crippen molar-refractivity contribution >= 4 is 21.6 Å². The van der Waals surface area contributed by atoms with Crippen molar-refractivity contribution in [2.75, 3.05) is 25.0 Å². The lowest BCUT2D eigenvalue weighted by Gasteiger charge is -2.31. The maximum Gasteiger partial charge on any atom is 0.243 e. The van der Waals surface area contributed by atoms with Crippen LogP contribution in [0.15, 0.2) is 47.4 Å². The Morgan fingerprint density at radius 1 is 1.19 bits per heavy atom. The summed E-state index contributed by atoms with van der Waals surface area (Å²) in [5.74, 6) is 0.406. The molecule has 1 aliphatic heterocycles. The number of hydrogen-bond acceptors (Lipinski definition) is 4. The molecule has 2 aromatic rings. The van der Waals surface area contributed by atoms with Crippen molar-refractivity contribution in [2.24, 2.45) is 5.92 Å². The van der Waals surface area contributed by atoms with Crippen molar-refractivity contribution in [3.63, 3.8) is 0 Å². The Hall–Kier alpha value is -2.38. The van der Waals surface area contributed by atoms with E-state index in [2.05, 4.69) is 19.2 Å². The molecule has 31 heavy (non-hydrogen) atoms. The molecule has 0 bridgehead atoms. The number of carbonyl (C=O) groups excluding carboxylic acids is 1. The first-order valence-electron chi connectivity index (χ1n) is 10.9. The minimum Gasteiger partial charge on any atom is -0.494 e. The molecule has 0 radical (unpaired) electrons. The minimum atomic E-state index is -3.67. The number of rotatable bonds is 7. The third-order valence-corrected chi connectivity index (χ3v) is 7.58. The van der Waals surface area contributed by atoms with E-state index in [0.29, 0.717) is 31.7 Å². The molecule has 2 aromatic carbocycles. The number of benzene rings is 2. The van der Waals surface area contributed by atoms with Gasteiger partial charge in [0, 0.05) is 18.8 Å². The number of anilines is 1. The smallest absolute Gasteiger partial charge is 0.243 e. The highest BCUT2D eigenvalue weighted by atomic mass is 32.2. The van der Waals surface area contributed by atoms with E-state index in [1.807, 2.05) is 32.0 Å². The number of nitrogens with one attached hydrogen (secondary N) is 1. The second-order valence-electron chi connectivity index (χ2n) is 8.29. The van der Waals surface area contributed by atoms with Gasteiger partial charge in [-0.15, -0.1) is 0 Å². The molecule has 1 saturated heterocycles. The monoisotopic (exact) mass is 444 g/mol. The second kappa shape index (κ2) is 9.83. The summed E-state index contributed by atoms with van der Waals surface area (Å²) >= 11 is 0. The van der Waals surface area contributed by atoms with E-state index in [1.54, 1.807) is 24.3 Å². The highest BCUT2D eigenvalue weighted by molar-refractivity contribution is 7.89. The van der Waals surface area contributed by atoms with Crippen molar-refractivity contribution in [3.05, 3.63) is 53.6 Å². The Morgan fingerprint density at radius 3 is 2.55 bits per heavy atom. The van der Waals surface area contributed by atoms with Crippen LogP contribution < -0.4 is 10.1 Å². The van der Waals surface area contributed by atoms with Gasteiger partial charge in [-0.2, -0.15) is 4.31 Å². The number of sulfonamides is 1. The molecule has 168 valence electrons. The zero-order valence-electron chi connectivity index (χ0n) is 18.7. The summed E-state index contributed by atoms with van der Waals surface area (Å²) < 4.78 is 33.1. The summed E-state index contributed by atoms with van der Waals surface area (Å²) in [6.45, 7) is 9.17. The van der Waals surface area contributed by atoms with Crippen LogP contribution in [-0.2, 0) is 14.8 Å². The van der Waals surface area contributed by atoms with Gasteiger partial charge in [-0.25, -0.2) is 8.42 Å². The molecule has 1 N–H and O–H groups in total. The number of aryl methyl sites for hydroxylation is 1. The van der Waals surface area contributed by atoms with E-state index in [4.69, 9.17) is 4.74 Å². The lowest BCUT2D eigenvalue weighted by Crippen LogP contribution is -2.43. The summed E-state index contributed by atoms with van der Waals surface area (Å²) in [6, 6.07) is 12.4. The molecular weight excluding hydrogens is 412 g/mol. The summed E-state index contributed by atoms with van der Waals surface area (Å²) in [7, 11) is -3.67. The van der Waals surface area contributed by atoms with Gasteiger partial charge in [-0.05, 0) is 68.0 Å². The fraction of sp³-hybridized carbons (Fsp3) is 0.458. The Labute approximate surface area is 185 Å². The van der Waals surface area contributed by atoms with Crippen LogP contribution in [0.4, 0.5) is 5.69 Å². The van der Waals surface area contributed by atoms with Crippen molar-refractivity contribution in [3.8, 4) is 5.75 Å². The lowest BCUT2D eigenvalue weighted by atomic mass is 9.95. The van der Waals surface area contributed by atoms with Crippen molar-refractivity contribution in [1.29, 1.82) is 0 Å². The number of ether oxygens (including phenoxy) is 1. The predicted octanol–water partition coefficient (Wildman–Crippen LogP) is 4.56. The molecule has 0 aromatic heterocycles. The number of nitrogens with zero attached hydrogens (tertiary/aromatic N) is 1. The molecule has 0 unspecified atom stereocenters. The van der Waals surface area contributed by atoms with E-state index < -0.39 is 10.0 Å². The van der Waals surface area contributed by atoms with E-state index in [1.165, 1.54) is 4.31 Å². The number of carbonyl (C=O) groups is 1. The second-order valence-corrected chi connectivity index (χ2v) is 10.2. The Balaban J connectivity index is 1.75. The van der Waals surface area contributed by atoms with Crippen molar-refractivity contribution < 1.29 is 17.9 Å². The van der Waals surface area contributed by atoms with Crippen LogP contribution in [0.5, 0.6) is 5.75 Å². The van der Waals surface area contributed by atoms with E-state index in [9.17, 15) is 13.2 Å². The quantitative estimate of drug-likeness (QED) is 0.679. The molecule has 0 saturated carbocycles. The molecule has 7 heteroatoms. The first kappa shape index (κ1) is 23.3. The van der Waals surface area contributed by atoms with E-state index >= 15 is 0 Å². The molecule has 0 aliphatic carbocycles. The number of para-hydroxylation sites is 1. The van der Waals surface area contributed by atoms with Gasteiger partial charge in [-0.1, -0.05) is 32.0 Å². The van der Waals surface area contributed by atoms with Crippen LogP contribution in [0.25, 0.3) is 0 Å². The maximum absolute atomic E-state index is 13.1. The maximum atomic E-state index is 13.1. The van der Waals surface area contributed by atoms with Crippen LogP contribution in [0.1, 0.15) is 50.7 Å². The first-order valence-corrected chi connectivity index (χ1v) is 12.3. The standard InChI is InChI=1S/C24H32N2O4S/c1-5-30-20-11-13-21(14-12-20)31(28,29)26-15-7-9-19(16-26)24(27)25-23-18(4)8-6-10-22(23)17(2)3/h6,8,10-14,17,19H,5,7,9,15-16H2,1-4H3,(H,25,27)/t19-/m0/s1. The van der Waals surface area contributed by atoms with Crippen molar-refractivity contribution in [2.45, 2.75) is 51.3 Å². The fourth-order valence-corrected chi connectivity index (χ4v) is 5.49. The molecule has 1 aliphatic rings. The summed E-state index contributed by atoms with van der Waals surface area (Å²) in [5, 5.41) is 3.09. The molecule has 6 nitrogen and oxygen atoms in total. The van der Waals surface area contributed by atoms with Gasteiger partial charge in [0.1, 0.15) is 5.75 Å². The highest BCUT2D eigenvalue weighted by Gasteiger charge is 2.33. The van der Waals surface area contributed by atoms with Gasteiger partial charge in [0.2, 0.25) is 15.9 Å². The van der Waals surface area contributed by atoms with Gasteiger partial charge >= 0.3 is 0 Å².